The number of aryl methyl sites for hydroxylation is 1. The van der Waals surface area contributed by atoms with Crippen molar-refractivity contribution in [2.24, 2.45) is 7.05 Å². The lowest BCUT2D eigenvalue weighted by Crippen LogP contribution is -2.01. The molecule has 0 unspecified atom stereocenters. The maximum Gasteiger partial charge on any atom is 0.148 e. The van der Waals surface area contributed by atoms with E-state index in [4.69, 9.17) is 0 Å². The second kappa shape index (κ2) is 4.37. The Morgan fingerprint density at radius 2 is 1.90 bits per heavy atom. The normalized spacial score (nSPS) is 14.7. The Morgan fingerprint density at radius 3 is 2.75 bits per heavy atom. The van der Waals surface area contributed by atoms with Gasteiger partial charge in [-0.3, -0.25) is 4.68 Å². The minimum Gasteiger partial charge on any atom is -0.366 e. The highest BCUT2D eigenvalue weighted by atomic mass is 15.3. The van der Waals surface area contributed by atoms with E-state index >= 15 is 0 Å². The Labute approximate surface area is 118 Å². The Morgan fingerprint density at radius 1 is 1.10 bits per heavy atom. The van der Waals surface area contributed by atoms with Gasteiger partial charge in [0.25, 0.3) is 0 Å². The van der Waals surface area contributed by atoms with Crippen LogP contribution < -0.4 is 5.32 Å². The highest BCUT2D eigenvalue weighted by Gasteiger charge is 2.22. The molecule has 4 rings (SSSR count). The Kier molecular flexibility index (Phi) is 2.52. The molecule has 0 radical (unpaired) electrons. The molecule has 3 heteroatoms. The first kappa shape index (κ1) is 11.5. The standard InChI is InChI=1S/C17H17N3/c1-20-16(11-17(19-20)18-13-9-10-13)15-8-4-6-12-5-2-3-7-14(12)15/h2-8,11,13H,9-10H2,1H3,(H,18,19). The van der Waals surface area contributed by atoms with Crippen molar-refractivity contribution < 1.29 is 0 Å². The minimum absolute atomic E-state index is 0.630. The SMILES string of the molecule is Cn1nc(NC2CC2)cc1-c1cccc2ccccc12. The van der Waals surface area contributed by atoms with Gasteiger partial charge in [-0.25, -0.2) is 0 Å². The van der Waals surface area contributed by atoms with Gasteiger partial charge in [0.05, 0.1) is 5.69 Å². The summed E-state index contributed by atoms with van der Waals surface area (Å²) in [5.74, 6) is 0.984. The maximum absolute atomic E-state index is 4.58. The fourth-order valence-electron chi connectivity index (χ4n) is 2.68. The quantitative estimate of drug-likeness (QED) is 0.778. The summed E-state index contributed by atoms with van der Waals surface area (Å²) >= 11 is 0. The van der Waals surface area contributed by atoms with Crippen LogP contribution in [-0.4, -0.2) is 15.8 Å². The van der Waals surface area contributed by atoms with Crippen molar-refractivity contribution >= 4 is 16.6 Å². The van der Waals surface area contributed by atoms with Crippen LogP contribution in [0.25, 0.3) is 22.0 Å². The maximum atomic E-state index is 4.58. The summed E-state index contributed by atoms with van der Waals surface area (Å²) in [5, 5.41) is 10.6. The van der Waals surface area contributed by atoms with Crippen LogP contribution in [0.2, 0.25) is 0 Å². The number of fused-ring (bicyclic) bond motifs is 1. The van der Waals surface area contributed by atoms with E-state index in [0.717, 1.165) is 11.5 Å². The van der Waals surface area contributed by atoms with Crippen LogP contribution in [0.5, 0.6) is 0 Å². The fourth-order valence-corrected chi connectivity index (χ4v) is 2.68. The molecule has 1 fully saturated rings. The van der Waals surface area contributed by atoms with Crippen LogP contribution in [0.15, 0.2) is 48.5 Å². The highest BCUT2D eigenvalue weighted by molar-refractivity contribution is 5.96. The zero-order valence-electron chi connectivity index (χ0n) is 11.5. The van der Waals surface area contributed by atoms with Gasteiger partial charge >= 0.3 is 0 Å². The number of rotatable bonds is 3. The third kappa shape index (κ3) is 1.95. The van der Waals surface area contributed by atoms with E-state index in [1.54, 1.807) is 0 Å². The lowest BCUT2D eigenvalue weighted by Gasteiger charge is -2.06. The van der Waals surface area contributed by atoms with Gasteiger partial charge in [-0.05, 0) is 23.6 Å². The first-order valence-corrected chi connectivity index (χ1v) is 7.10. The molecule has 0 atom stereocenters. The number of anilines is 1. The second-order valence-electron chi connectivity index (χ2n) is 5.48. The molecule has 2 aromatic carbocycles. The van der Waals surface area contributed by atoms with E-state index in [1.807, 2.05) is 11.7 Å². The zero-order valence-corrected chi connectivity index (χ0v) is 11.5. The largest absolute Gasteiger partial charge is 0.366 e. The Balaban J connectivity index is 1.83. The zero-order chi connectivity index (χ0) is 13.5. The van der Waals surface area contributed by atoms with Crippen molar-refractivity contribution in [3.8, 4) is 11.3 Å². The van der Waals surface area contributed by atoms with Gasteiger partial charge in [0.15, 0.2) is 0 Å². The third-order valence-electron chi connectivity index (χ3n) is 3.87. The van der Waals surface area contributed by atoms with Crippen molar-refractivity contribution in [2.75, 3.05) is 5.32 Å². The average molecular weight is 263 g/mol. The summed E-state index contributed by atoms with van der Waals surface area (Å²) in [6.45, 7) is 0. The summed E-state index contributed by atoms with van der Waals surface area (Å²) in [6.07, 6.45) is 2.53. The molecule has 0 saturated heterocycles. The smallest absolute Gasteiger partial charge is 0.148 e. The lowest BCUT2D eigenvalue weighted by atomic mass is 10.0. The molecule has 1 saturated carbocycles. The van der Waals surface area contributed by atoms with Crippen molar-refractivity contribution in [2.45, 2.75) is 18.9 Å². The van der Waals surface area contributed by atoms with Crippen LogP contribution in [0, 0.1) is 0 Å². The van der Waals surface area contributed by atoms with E-state index < -0.39 is 0 Å². The molecule has 0 bridgehead atoms. The molecule has 3 nitrogen and oxygen atoms in total. The van der Waals surface area contributed by atoms with Crippen LogP contribution >= 0.6 is 0 Å². The molecule has 1 heterocycles. The van der Waals surface area contributed by atoms with Crippen LogP contribution in [0.1, 0.15) is 12.8 Å². The van der Waals surface area contributed by atoms with Crippen molar-refractivity contribution in [1.82, 2.24) is 9.78 Å². The summed E-state index contributed by atoms with van der Waals surface area (Å²) in [4.78, 5) is 0. The number of hydrogen-bond donors (Lipinski definition) is 1. The number of aromatic nitrogens is 2. The van der Waals surface area contributed by atoms with Gasteiger partial charge in [-0.1, -0.05) is 42.5 Å². The van der Waals surface area contributed by atoms with Gasteiger partial charge in [0.1, 0.15) is 5.82 Å². The molecule has 0 aliphatic heterocycles. The molecule has 3 aromatic rings. The van der Waals surface area contributed by atoms with Gasteiger partial charge in [0.2, 0.25) is 0 Å². The molecule has 100 valence electrons. The van der Waals surface area contributed by atoms with Crippen LogP contribution in [-0.2, 0) is 7.05 Å². The second-order valence-corrected chi connectivity index (χ2v) is 5.48. The highest BCUT2D eigenvalue weighted by Crippen LogP contribution is 2.31. The summed E-state index contributed by atoms with van der Waals surface area (Å²) in [7, 11) is 2.01. The van der Waals surface area contributed by atoms with Crippen molar-refractivity contribution in [3.05, 3.63) is 48.5 Å². The van der Waals surface area contributed by atoms with Gasteiger partial charge in [-0.2, -0.15) is 5.10 Å². The lowest BCUT2D eigenvalue weighted by molar-refractivity contribution is 0.776. The van der Waals surface area contributed by atoms with Crippen LogP contribution in [0.3, 0.4) is 0 Å². The van der Waals surface area contributed by atoms with E-state index in [1.165, 1.54) is 29.2 Å². The minimum atomic E-state index is 0.630. The summed E-state index contributed by atoms with van der Waals surface area (Å²) in [5.41, 5.74) is 2.40. The number of nitrogens with zero attached hydrogens (tertiary/aromatic N) is 2. The Bertz CT molecular complexity index is 764. The van der Waals surface area contributed by atoms with Crippen molar-refractivity contribution in [1.29, 1.82) is 0 Å². The van der Waals surface area contributed by atoms with Crippen LogP contribution in [0.4, 0.5) is 5.82 Å². The predicted molar refractivity (Wildman–Crippen MR) is 82.8 cm³/mol. The summed E-state index contributed by atoms with van der Waals surface area (Å²) < 4.78 is 1.96. The number of nitrogens with one attached hydrogen (secondary N) is 1. The average Bonchev–Trinajstić information content (AvgIpc) is 3.20. The van der Waals surface area contributed by atoms with Gasteiger partial charge in [0, 0.05) is 24.7 Å². The molecular formula is C17H17N3. The third-order valence-corrected chi connectivity index (χ3v) is 3.87. The van der Waals surface area contributed by atoms with E-state index in [2.05, 4.69) is 58.9 Å². The predicted octanol–water partition coefficient (Wildman–Crippen LogP) is 3.81. The molecule has 1 N–H and O–H groups in total. The molecule has 0 spiro atoms. The first-order valence-electron chi connectivity index (χ1n) is 7.10. The molecule has 1 aliphatic rings. The van der Waals surface area contributed by atoms with Crippen molar-refractivity contribution in [3.63, 3.8) is 0 Å². The molecule has 1 aliphatic carbocycles. The Hall–Kier alpha value is -2.29. The summed E-state index contributed by atoms with van der Waals surface area (Å²) in [6, 6.07) is 17.7. The van der Waals surface area contributed by atoms with Gasteiger partial charge < -0.3 is 5.32 Å². The van der Waals surface area contributed by atoms with E-state index in [0.29, 0.717) is 6.04 Å². The molecule has 20 heavy (non-hydrogen) atoms. The fraction of sp³-hybridized carbons (Fsp3) is 0.235. The first-order chi connectivity index (χ1) is 9.81. The van der Waals surface area contributed by atoms with Gasteiger partial charge in [-0.15, -0.1) is 0 Å². The number of benzene rings is 2. The van der Waals surface area contributed by atoms with E-state index in [9.17, 15) is 0 Å². The topological polar surface area (TPSA) is 29.9 Å². The number of hydrogen-bond acceptors (Lipinski definition) is 2. The molecular weight excluding hydrogens is 246 g/mol. The molecule has 1 aromatic heterocycles. The monoisotopic (exact) mass is 263 g/mol. The molecule has 0 amide bonds. The van der Waals surface area contributed by atoms with E-state index in [-0.39, 0.29) is 0 Å².